The normalized spacial score (nSPS) is 11.1. The van der Waals surface area contributed by atoms with Crippen LogP contribution in [0, 0.1) is 0 Å². The van der Waals surface area contributed by atoms with Crippen LogP contribution in [0.5, 0.6) is 11.5 Å². The number of hydrogen-bond acceptors (Lipinski definition) is 4. The summed E-state index contributed by atoms with van der Waals surface area (Å²) in [7, 11) is 1.51. The molecule has 1 aromatic carbocycles. The fraction of sp³-hybridized carbons (Fsp3) is 0. The van der Waals surface area contributed by atoms with E-state index in [1.807, 2.05) is 0 Å². The summed E-state index contributed by atoms with van der Waals surface area (Å²) in [5.74, 6) is 1.15. The number of benzene rings is 1. The quantitative estimate of drug-likeness (QED) is 0.804. The number of ether oxygens (including phenoxy) is 1. The van der Waals surface area contributed by atoms with E-state index in [4.69, 9.17) is 15.4 Å². The fourth-order valence-electron chi connectivity index (χ4n) is 1.21. The highest BCUT2D eigenvalue weighted by Crippen LogP contribution is 2.23. The lowest BCUT2D eigenvalue weighted by atomic mass is 10.3. The van der Waals surface area contributed by atoms with Crippen molar-refractivity contribution in [1.82, 2.24) is 4.98 Å². The first-order chi connectivity index (χ1) is 8.05. The molecule has 1 aromatic heterocycles. The molecule has 0 fully saturated rings. The Balaban J connectivity index is 2.20. The van der Waals surface area contributed by atoms with Crippen LogP contribution in [0.2, 0.25) is 0 Å². The second-order valence-electron chi connectivity index (χ2n) is 3.19. The first kappa shape index (κ1) is 11.9. The van der Waals surface area contributed by atoms with Gasteiger partial charge in [-0.25, -0.2) is 8.42 Å². The Labute approximate surface area is 103 Å². The van der Waals surface area contributed by atoms with E-state index in [0.29, 0.717) is 11.5 Å². The third kappa shape index (κ3) is 3.18. The lowest BCUT2D eigenvalue weighted by molar-refractivity contribution is 0.481. The van der Waals surface area contributed by atoms with Crippen molar-refractivity contribution in [2.45, 2.75) is 4.90 Å². The summed E-state index contributed by atoms with van der Waals surface area (Å²) in [5.41, 5.74) is 0. The van der Waals surface area contributed by atoms with Crippen LogP contribution in [-0.4, -0.2) is 13.4 Å². The zero-order chi connectivity index (χ0) is 12.3. The van der Waals surface area contributed by atoms with E-state index in [1.54, 1.807) is 24.5 Å². The topological polar surface area (TPSA) is 56.3 Å². The van der Waals surface area contributed by atoms with Gasteiger partial charge >= 0.3 is 0 Å². The first-order valence-corrected chi connectivity index (χ1v) is 6.99. The molecule has 4 nitrogen and oxygen atoms in total. The molecular formula is C11H8ClNO3S. The van der Waals surface area contributed by atoms with Crippen LogP contribution in [0.25, 0.3) is 0 Å². The van der Waals surface area contributed by atoms with Crippen molar-refractivity contribution < 1.29 is 13.2 Å². The molecule has 2 rings (SSSR count). The molecule has 88 valence electrons. The van der Waals surface area contributed by atoms with Crippen LogP contribution in [-0.2, 0) is 9.05 Å². The Kier molecular flexibility index (Phi) is 3.31. The van der Waals surface area contributed by atoms with Crippen molar-refractivity contribution in [3.63, 3.8) is 0 Å². The number of pyridine rings is 1. The van der Waals surface area contributed by atoms with Gasteiger partial charge in [0.15, 0.2) is 0 Å². The van der Waals surface area contributed by atoms with Crippen molar-refractivity contribution in [3.8, 4) is 11.5 Å². The van der Waals surface area contributed by atoms with Crippen LogP contribution >= 0.6 is 10.7 Å². The Hall–Kier alpha value is -1.59. The van der Waals surface area contributed by atoms with Gasteiger partial charge in [-0.15, -0.1) is 0 Å². The van der Waals surface area contributed by atoms with E-state index < -0.39 is 9.05 Å². The number of hydrogen-bond donors (Lipinski definition) is 0. The minimum atomic E-state index is -3.69. The third-order valence-electron chi connectivity index (χ3n) is 1.99. The predicted molar refractivity (Wildman–Crippen MR) is 63.8 cm³/mol. The average molecular weight is 270 g/mol. The molecule has 17 heavy (non-hydrogen) atoms. The van der Waals surface area contributed by atoms with E-state index in [0.717, 1.165) is 0 Å². The van der Waals surface area contributed by atoms with Crippen molar-refractivity contribution in [1.29, 1.82) is 0 Å². The monoisotopic (exact) mass is 269 g/mol. The summed E-state index contributed by atoms with van der Waals surface area (Å²) in [5, 5.41) is 0. The predicted octanol–water partition coefficient (Wildman–Crippen LogP) is 2.80. The lowest BCUT2D eigenvalue weighted by Gasteiger charge is -2.05. The Morgan fingerprint density at radius 3 is 2.00 bits per heavy atom. The molecule has 0 unspecified atom stereocenters. The molecule has 0 aliphatic heterocycles. The summed E-state index contributed by atoms with van der Waals surface area (Å²) < 4.78 is 27.5. The summed E-state index contributed by atoms with van der Waals surface area (Å²) in [6.45, 7) is 0. The van der Waals surface area contributed by atoms with E-state index in [1.165, 1.54) is 24.3 Å². The summed E-state index contributed by atoms with van der Waals surface area (Å²) >= 11 is 0. The van der Waals surface area contributed by atoms with Gasteiger partial charge in [0.2, 0.25) is 0 Å². The van der Waals surface area contributed by atoms with Crippen molar-refractivity contribution in [2.75, 3.05) is 0 Å². The molecule has 0 aliphatic carbocycles. The number of nitrogens with zero attached hydrogens (tertiary/aromatic N) is 1. The maximum Gasteiger partial charge on any atom is 0.261 e. The van der Waals surface area contributed by atoms with Crippen molar-refractivity contribution in [3.05, 3.63) is 48.8 Å². The Bertz CT molecular complexity index is 596. The molecule has 0 N–H and O–H groups in total. The highest BCUT2D eigenvalue weighted by Gasteiger charge is 2.09. The van der Waals surface area contributed by atoms with Crippen molar-refractivity contribution >= 4 is 19.7 Å². The first-order valence-electron chi connectivity index (χ1n) is 4.68. The number of rotatable bonds is 3. The maximum absolute atomic E-state index is 11.0. The van der Waals surface area contributed by atoms with Gasteiger partial charge in [-0.1, -0.05) is 0 Å². The second-order valence-corrected chi connectivity index (χ2v) is 5.76. The summed E-state index contributed by atoms with van der Waals surface area (Å²) in [6, 6.07) is 9.25. The lowest BCUT2D eigenvalue weighted by Crippen LogP contribution is -1.90. The van der Waals surface area contributed by atoms with Crippen LogP contribution < -0.4 is 4.74 Å². The molecule has 0 aliphatic rings. The molecule has 2 aromatic rings. The average Bonchev–Trinajstić information content (AvgIpc) is 2.30. The van der Waals surface area contributed by atoms with Crippen LogP contribution in [0.4, 0.5) is 0 Å². The van der Waals surface area contributed by atoms with Gasteiger partial charge in [0.05, 0.1) is 4.90 Å². The fourth-order valence-corrected chi connectivity index (χ4v) is 1.98. The van der Waals surface area contributed by atoms with E-state index >= 15 is 0 Å². The molecule has 0 amide bonds. The highest BCUT2D eigenvalue weighted by atomic mass is 35.7. The van der Waals surface area contributed by atoms with E-state index in [9.17, 15) is 8.42 Å². The minimum absolute atomic E-state index is 0.0428. The van der Waals surface area contributed by atoms with Crippen molar-refractivity contribution in [2.24, 2.45) is 0 Å². The Morgan fingerprint density at radius 1 is 0.941 bits per heavy atom. The van der Waals surface area contributed by atoms with Gasteiger partial charge in [0.1, 0.15) is 11.5 Å². The molecule has 0 atom stereocenters. The zero-order valence-electron chi connectivity index (χ0n) is 8.58. The third-order valence-corrected chi connectivity index (χ3v) is 3.36. The Morgan fingerprint density at radius 2 is 1.47 bits per heavy atom. The molecule has 0 bridgehead atoms. The van der Waals surface area contributed by atoms with Gasteiger partial charge in [0.25, 0.3) is 9.05 Å². The second kappa shape index (κ2) is 4.73. The molecular weight excluding hydrogens is 262 g/mol. The molecule has 1 heterocycles. The zero-order valence-corrected chi connectivity index (χ0v) is 10.1. The van der Waals surface area contributed by atoms with Gasteiger partial charge in [-0.2, -0.15) is 0 Å². The smallest absolute Gasteiger partial charge is 0.261 e. The van der Waals surface area contributed by atoms with E-state index in [-0.39, 0.29) is 4.90 Å². The van der Waals surface area contributed by atoms with Crippen LogP contribution in [0.15, 0.2) is 53.7 Å². The molecule has 0 saturated heterocycles. The standard InChI is InChI=1S/C11H8ClNO3S/c12-17(14,15)11-3-1-9(2-4-11)16-10-5-7-13-8-6-10/h1-8H. The van der Waals surface area contributed by atoms with Gasteiger partial charge in [-0.05, 0) is 36.4 Å². The van der Waals surface area contributed by atoms with E-state index in [2.05, 4.69) is 4.98 Å². The molecule has 0 radical (unpaired) electrons. The molecule has 6 heteroatoms. The molecule has 0 spiro atoms. The number of aromatic nitrogens is 1. The molecule has 0 saturated carbocycles. The van der Waals surface area contributed by atoms with Gasteiger partial charge in [0, 0.05) is 23.1 Å². The largest absolute Gasteiger partial charge is 0.457 e. The highest BCUT2D eigenvalue weighted by molar-refractivity contribution is 8.13. The van der Waals surface area contributed by atoms with Gasteiger partial charge < -0.3 is 4.74 Å². The minimum Gasteiger partial charge on any atom is -0.457 e. The number of halogens is 1. The summed E-state index contributed by atoms with van der Waals surface area (Å²) in [6.07, 6.45) is 3.21. The van der Waals surface area contributed by atoms with Gasteiger partial charge in [-0.3, -0.25) is 4.98 Å². The maximum atomic E-state index is 11.0. The van der Waals surface area contributed by atoms with Crippen LogP contribution in [0.1, 0.15) is 0 Å². The SMILES string of the molecule is O=S(=O)(Cl)c1ccc(Oc2ccncc2)cc1. The van der Waals surface area contributed by atoms with Crippen LogP contribution in [0.3, 0.4) is 0 Å². The summed E-state index contributed by atoms with van der Waals surface area (Å²) in [4.78, 5) is 3.90.